The normalized spacial score (nSPS) is 17.9. The van der Waals surface area contributed by atoms with Gasteiger partial charge in [0.1, 0.15) is 6.26 Å². The molecule has 8 heteroatoms. The molecular formula is C21H21F3N2O3. The van der Waals surface area contributed by atoms with E-state index < -0.39 is 11.7 Å². The molecule has 1 fully saturated rings. The van der Waals surface area contributed by atoms with Gasteiger partial charge in [0.25, 0.3) is 5.91 Å². The Morgan fingerprint density at radius 3 is 2.48 bits per heavy atom. The molecule has 2 aliphatic heterocycles. The summed E-state index contributed by atoms with van der Waals surface area (Å²) in [6, 6.07) is 5.21. The number of anilines is 1. The van der Waals surface area contributed by atoms with Crippen LogP contribution in [-0.2, 0) is 17.4 Å². The molecule has 154 valence electrons. The number of fused-ring (bicyclic) bond motifs is 1. The highest BCUT2D eigenvalue weighted by Gasteiger charge is 2.35. The summed E-state index contributed by atoms with van der Waals surface area (Å²) in [5.41, 5.74) is 0.940. The maximum absolute atomic E-state index is 13.1. The van der Waals surface area contributed by atoms with E-state index in [9.17, 15) is 22.8 Å². The SMILES string of the molecule is O=C(c1ccoc1)N1CCC(C(=O)N2CCCc3cc(C(F)(F)F)ccc32)CC1. The summed E-state index contributed by atoms with van der Waals surface area (Å²) < 4.78 is 43.9. The smallest absolute Gasteiger partial charge is 0.416 e. The number of furan rings is 1. The molecule has 0 spiro atoms. The predicted octanol–water partition coefficient (Wildman–Crippen LogP) is 4.13. The lowest BCUT2D eigenvalue weighted by Gasteiger charge is -2.36. The Morgan fingerprint density at radius 1 is 1.07 bits per heavy atom. The van der Waals surface area contributed by atoms with E-state index in [0.717, 1.165) is 12.1 Å². The second-order valence-corrected chi connectivity index (χ2v) is 7.51. The van der Waals surface area contributed by atoms with Gasteiger partial charge in [0.15, 0.2) is 0 Å². The number of hydrogen-bond acceptors (Lipinski definition) is 3. The zero-order valence-electron chi connectivity index (χ0n) is 15.7. The lowest BCUT2D eigenvalue weighted by atomic mass is 9.92. The van der Waals surface area contributed by atoms with Gasteiger partial charge in [0.05, 0.1) is 17.4 Å². The van der Waals surface area contributed by atoms with Crippen LogP contribution >= 0.6 is 0 Å². The highest BCUT2D eigenvalue weighted by Crippen LogP contribution is 2.36. The van der Waals surface area contributed by atoms with Crippen molar-refractivity contribution in [3.63, 3.8) is 0 Å². The molecule has 0 N–H and O–H groups in total. The van der Waals surface area contributed by atoms with Crippen LogP contribution in [0.2, 0.25) is 0 Å². The molecule has 0 aliphatic carbocycles. The minimum Gasteiger partial charge on any atom is -0.472 e. The largest absolute Gasteiger partial charge is 0.472 e. The summed E-state index contributed by atoms with van der Waals surface area (Å²) in [6.45, 7) is 1.44. The first-order valence-electron chi connectivity index (χ1n) is 9.67. The van der Waals surface area contributed by atoms with Crippen molar-refractivity contribution >= 4 is 17.5 Å². The Morgan fingerprint density at radius 2 is 1.83 bits per heavy atom. The highest BCUT2D eigenvalue weighted by molar-refractivity contribution is 5.97. The number of likely N-dealkylation sites (tertiary alicyclic amines) is 1. The van der Waals surface area contributed by atoms with E-state index in [1.54, 1.807) is 15.9 Å². The van der Waals surface area contributed by atoms with Gasteiger partial charge in [-0.05, 0) is 55.5 Å². The number of hydrogen-bond donors (Lipinski definition) is 0. The standard InChI is InChI=1S/C21H21F3N2O3/c22-21(23,24)17-3-4-18-15(12-17)2-1-8-26(18)20(28)14-5-9-25(10-6-14)19(27)16-7-11-29-13-16/h3-4,7,11-14H,1-2,5-6,8-10H2. The first-order valence-corrected chi connectivity index (χ1v) is 9.67. The quantitative estimate of drug-likeness (QED) is 0.754. The van der Waals surface area contributed by atoms with Gasteiger partial charge in [-0.3, -0.25) is 9.59 Å². The molecule has 2 aromatic rings. The number of aryl methyl sites for hydroxylation is 1. The molecule has 4 rings (SSSR count). The fraction of sp³-hybridized carbons (Fsp3) is 0.429. The van der Waals surface area contributed by atoms with Crippen LogP contribution < -0.4 is 4.90 Å². The lowest BCUT2D eigenvalue weighted by Crippen LogP contribution is -2.45. The van der Waals surface area contributed by atoms with Gasteiger partial charge in [-0.1, -0.05) is 0 Å². The van der Waals surface area contributed by atoms with E-state index in [1.807, 2.05) is 0 Å². The Balaban J connectivity index is 1.44. The summed E-state index contributed by atoms with van der Waals surface area (Å²) in [5, 5.41) is 0. The number of nitrogens with zero attached hydrogens (tertiary/aromatic N) is 2. The molecule has 3 heterocycles. The van der Waals surface area contributed by atoms with E-state index in [4.69, 9.17) is 4.42 Å². The lowest BCUT2D eigenvalue weighted by molar-refractivity contribution is -0.137. The van der Waals surface area contributed by atoms with Gasteiger partial charge in [-0.25, -0.2) is 0 Å². The second-order valence-electron chi connectivity index (χ2n) is 7.51. The minimum absolute atomic E-state index is 0.0684. The Kier molecular flexibility index (Phi) is 5.10. The number of piperidine rings is 1. The summed E-state index contributed by atoms with van der Waals surface area (Å²) in [5.74, 6) is -0.426. The van der Waals surface area contributed by atoms with Crippen molar-refractivity contribution in [3.8, 4) is 0 Å². The third-order valence-corrected chi connectivity index (χ3v) is 5.69. The van der Waals surface area contributed by atoms with Gasteiger partial charge in [-0.15, -0.1) is 0 Å². The Bertz CT molecular complexity index is 900. The average Bonchev–Trinajstić information content (AvgIpc) is 3.26. The van der Waals surface area contributed by atoms with E-state index >= 15 is 0 Å². The van der Waals surface area contributed by atoms with Crippen LogP contribution in [0.5, 0.6) is 0 Å². The number of benzene rings is 1. The van der Waals surface area contributed by atoms with Gasteiger partial charge in [-0.2, -0.15) is 13.2 Å². The van der Waals surface area contributed by atoms with Gasteiger partial charge in [0, 0.05) is 31.2 Å². The van der Waals surface area contributed by atoms with Crippen molar-refractivity contribution in [1.82, 2.24) is 4.90 Å². The van der Waals surface area contributed by atoms with Crippen LogP contribution in [0, 0.1) is 5.92 Å². The number of rotatable bonds is 2. The third kappa shape index (κ3) is 3.88. The first-order chi connectivity index (χ1) is 13.8. The van der Waals surface area contributed by atoms with Gasteiger partial charge < -0.3 is 14.2 Å². The predicted molar refractivity (Wildman–Crippen MR) is 99.5 cm³/mol. The molecule has 0 unspecified atom stereocenters. The monoisotopic (exact) mass is 406 g/mol. The van der Waals surface area contributed by atoms with E-state index in [-0.39, 0.29) is 17.7 Å². The number of halogens is 3. The molecule has 0 saturated carbocycles. The number of carbonyl (C=O) groups excluding carboxylic acids is 2. The molecule has 2 amide bonds. The van der Waals surface area contributed by atoms with Gasteiger partial charge in [0.2, 0.25) is 5.91 Å². The number of alkyl halides is 3. The highest BCUT2D eigenvalue weighted by atomic mass is 19.4. The van der Waals surface area contributed by atoms with Crippen molar-refractivity contribution in [2.45, 2.75) is 31.9 Å². The second kappa shape index (κ2) is 7.57. The molecule has 5 nitrogen and oxygen atoms in total. The molecule has 29 heavy (non-hydrogen) atoms. The molecule has 0 radical (unpaired) electrons. The van der Waals surface area contributed by atoms with Crippen LogP contribution in [-0.4, -0.2) is 36.3 Å². The van der Waals surface area contributed by atoms with E-state index in [0.29, 0.717) is 62.1 Å². The van der Waals surface area contributed by atoms with Gasteiger partial charge >= 0.3 is 6.18 Å². The van der Waals surface area contributed by atoms with Crippen LogP contribution in [0.1, 0.15) is 40.7 Å². The fourth-order valence-corrected chi connectivity index (χ4v) is 4.12. The van der Waals surface area contributed by atoms with Crippen molar-refractivity contribution in [2.24, 2.45) is 5.92 Å². The maximum atomic E-state index is 13.1. The van der Waals surface area contributed by atoms with Crippen molar-refractivity contribution in [3.05, 3.63) is 53.5 Å². The topological polar surface area (TPSA) is 53.8 Å². The van der Waals surface area contributed by atoms with E-state index in [1.165, 1.54) is 18.6 Å². The molecule has 1 saturated heterocycles. The molecular weight excluding hydrogens is 385 g/mol. The number of amides is 2. The zero-order valence-corrected chi connectivity index (χ0v) is 15.7. The zero-order chi connectivity index (χ0) is 20.6. The summed E-state index contributed by atoms with van der Waals surface area (Å²) in [6.07, 6.45) is 0.693. The maximum Gasteiger partial charge on any atom is 0.416 e. The van der Waals surface area contributed by atoms with Crippen LogP contribution in [0.3, 0.4) is 0 Å². The van der Waals surface area contributed by atoms with E-state index in [2.05, 4.69) is 0 Å². The third-order valence-electron chi connectivity index (χ3n) is 5.69. The minimum atomic E-state index is -4.39. The van der Waals surface area contributed by atoms with Crippen molar-refractivity contribution < 1.29 is 27.2 Å². The molecule has 1 aromatic carbocycles. The molecule has 0 atom stereocenters. The first kappa shape index (κ1) is 19.5. The summed E-state index contributed by atoms with van der Waals surface area (Å²) >= 11 is 0. The molecule has 2 aliphatic rings. The Hall–Kier alpha value is -2.77. The Labute approximate surface area is 166 Å². The van der Waals surface area contributed by atoms with Crippen LogP contribution in [0.25, 0.3) is 0 Å². The fourth-order valence-electron chi connectivity index (χ4n) is 4.12. The molecule has 0 bridgehead atoms. The average molecular weight is 406 g/mol. The summed E-state index contributed by atoms with van der Waals surface area (Å²) in [4.78, 5) is 28.8. The van der Waals surface area contributed by atoms with Crippen molar-refractivity contribution in [1.29, 1.82) is 0 Å². The van der Waals surface area contributed by atoms with Crippen LogP contribution in [0.4, 0.5) is 18.9 Å². The summed E-state index contributed by atoms with van der Waals surface area (Å²) in [7, 11) is 0. The molecule has 1 aromatic heterocycles. The van der Waals surface area contributed by atoms with Crippen molar-refractivity contribution in [2.75, 3.05) is 24.5 Å². The van der Waals surface area contributed by atoms with Crippen LogP contribution in [0.15, 0.2) is 41.2 Å². The number of carbonyl (C=O) groups is 2.